The van der Waals surface area contributed by atoms with Crippen molar-refractivity contribution in [2.45, 2.75) is 19.3 Å². The molecule has 0 saturated heterocycles. The smallest absolute Gasteiger partial charge is 0.338 e. The van der Waals surface area contributed by atoms with Gasteiger partial charge in [-0.05, 0) is 29.8 Å². The summed E-state index contributed by atoms with van der Waals surface area (Å²) in [4.78, 5) is 13.4. The van der Waals surface area contributed by atoms with E-state index in [0.29, 0.717) is 11.3 Å². The first-order chi connectivity index (χ1) is 12.7. The Kier molecular flexibility index (Phi) is 5.95. The first-order valence-electron chi connectivity index (χ1n) is 8.17. The van der Waals surface area contributed by atoms with Gasteiger partial charge in [-0.3, -0.25) is 0 Å². The highest BCUT2D eigenvalue weighted by molar-refractivity contribution is 5.89. The minimum atomic E-state index is -0.738. The van der Waals surface area contributed by atoms with Gasteiger partial charge >= 0.3 is 5.97 Å². The predicted octanol–water partition coefficient (Wildman–Crippen LogP) is 2.07. The van der Waals surface area contributed by atoms with Gasteiger partial charge in [0.1, 0.15) is 25.1 Å². The molecule has 3 rings (SSSR count). The topological polar surface area (TPSA) is 86.5 Å². The number of ether oxygens (including phenoxy) is 2. The van der Waals surface area contributed by atoms with Crippen molar-refractivity contribution in [2.75, 3.05) is 6.61 Å². The van der Waals surface area contributed by atoms with Crippen molar-refractivity contribution in [3.63, 3.8) is 0 Å². The van der Waals surface area contributed by atoms with Gasteiger partial charge in [-0.1, -0.05) is 30.3 Å². The second kappa shape index (κ2) is 8.77. The van der Waals surface area contributed by atoms with E-state index in [0.717, 1.165) is 5.56 Å². The summed E-state index contributed by atoms with van der Waals surface area (Å²) in [7, 11) is 0. The zero-order valence-electron chi connectivity index (χ0n) is 14.1. The molecule has 0 aliphatic rings. The Morgan fingerprint density at radius 1 is 1.04 bits per heavy atom. The van der Waals surface area contributed by atoms with Gasteiger partial charge in [0.25, 0.3) is 0 Å². The van der Waals surface area contributed by atoms with Crippen LogP contribution in [-0.2, 0) is 17.9 Å². The van der Waals surface area contributed by atoms with Crippen LogP contribution in [0.5, 0.6) is 5.75 Å². The number of aromatic nitrogens is 3. The van der Waals surface area contributed by atoms with Crippen LogP contribution in [0, 0.1) is 0 Å². The number of nitrogens with zero attached hydrogens (tertiary/aromatic N) is 3. The van der Waals surface area contributed by atoms with Crippen LogP contribution < -0.4 is 4.74 Å². The van der Waals surface area contributed by atoms with Gasteiger partial charge in [0, 0.05) is 0 Å². The Morgan fingerprint density at radius 2 is 1.73 bits per heavy atom. The minimum Gasteiger partial charge on any atom is -0.491 e. The zero-order chi connectivity index (χ0) is 18.2. The summed E-state index contributed by atoms with van der Waals surface area (Å²) in [6.45, 7) is 0.571. The lowest BCUT2D eigenvalue weighted by atomic mass is 10.2. The number of hydrogen-bond donors (Lipinski definition) is 1. The van der Waals surface area contributed by atoms with Crippen molar-refractivity contribution in [1.29, 1.82) is 0 Å². The second-order valence-corrected chi connectivity index (χ2v) is 5.63. The summed E-state index contributed by atoms with van der Waals surface area (Å²) in [5.41, 5.74) is 1.37. The molecule has 1 aromatic heterocycles. The maximum absolute atomic E-state index is 12.1. The predicted molar refractivity (Wildman–Crippen MR) is 93.5 cm³/mol. The Morgan fingerprint density at radius 3 is 2.42 bits per heavy atom. The first-order valence-corrected chi connectivity index (χ1v) is 8.17. The first kappa shape index (κ1) is 17.6. The highest BCUT2D eigenvalue weighted by atomic mass is 16.5. The van der Waals surface area contributed by atoms with Crippen molar-refractivity contribution < 1.29 is 19.4 Å². The van der Waals surface area contributed by atoms with E-state index in [2.05, 4.69) is 10.2 Å². The molecule has 1 atom stereocenters. The van der Waals surface area contributed by atoms with Gasteiger partial charge in [-0.15, -0.1) is 0 Å². The number of aliphatic hydroxyl groups excluding tert-OH is 1. The standard InChI is InChI=1S/C19H19N3O4/c23-17(12-22-20-10-11-21-22)14-25-18-8-6-16(7-9-18)19(24)26-13-15-4-2-1-3-5-15/h1-11,17,23H,12-14H2/t17-/m1/s1. The number of carbonyl (C=O) groups excluding carboxylic acids is 1. The molecule has 2 aromatic carbocycles. The normalized spacial score (nSPS) is 11.7. The number of rotatable bonds is 8. The number of aliphatic hydroxyl groups is 1. The summed E-state index contributed by atoms with van der Waals surface area (Å²) < 4.78 is 10.8. The number of hydrogen-bond acceptors (Lipinski definition) is 6. The van der Waals surface area contributed by atoms with E-state index in [9.17, 15) is 9.90 Å². The minimum absolute atomic E-state index is 0.0966. The van der Waals surface area contributed by atoms with Crippen molar-refractivity contribution in [1.82, 2.24) is 15.0 Å². The zero-order valence-corrected chi connectivity index (χ0v) is 14.1. The van der Waals surface area contributed by atoms with Gasteiger partial charge in [0.2, 0.25) is 0 Å². The van der Waals surface area contributed by atoms with Crippen molar-refractivity contribution >= 4 is 5.97 Å². The summed E-state index contributed by atoms with van der Waals surface area (Å²) in [6.07, 6.45) is 2.35. The van der Waals surface area contributed by atoms with Gasteiger partial charge in [0.05, 0.1) is 24.5 Å². The molecule has 0 fully saturated rings. The lowest BCUT2D eigenvalue weighted by Gasteiger charge is -2.12. The fraction of sp³-hybridized carbons (Fsp3) is 0.211. The Bertz CT molecular complexity index is 805. The van der Waals surface area contributed by atoms with E-state index < -0.39 is 12.1 Å². The molecule has 0 amide bonds. The molecule has 0 aliphatic carbocycles. The third-order valence-electron chi connectivity index (χ3n) is 3.59. The molecule has 3 aromatic rings. The lowest BCUT2D eigenvalue weighted by molar-refractivity contribution is 0.0472. The van der Waals surface area contributed by atoms with Crippen LogP contribution in [0.2, 0.25) is 0 Å². The molecule has 0 aliphatic heterocycles. The quantitative estimate of drug-likeness (QED) is 0.624. The molecular formula is C19H19N3O4. The van der Waals surface area contributed by atoms with Crippen LogP contribution >= 0.6 is 0 Å². The molecule has 0 saturated carbocycles. The maximum atomic E-state index is 12.1. The molecule has 1 heterocycles. The monoisotopic (exact) mass is 353 g/mol. The van der Waals surface area contributed by atoms with Crippen LogP contribution in [-0.4, -0.2) is 38.8 Å². The average molecular weight is 353 g/mol. The largest absolute Gasteiger partial charge is 0.491 e. The maximum Gasteiger partial charge on any atom is 0.338 e. The van der Waals surface area contributed by atoms with Crippen LogP contribution in [0.3, 0.4) is 0 Å². The molecule has 26 heavy (non-hydrogen) atoms. The van der Waals surface area contributed by atoms with Gasteiger partial charge in [0.15, 0.2) is 0 Å². The van der Waals surface area contributed by atoms with Crippen molar-refractivity contribution in [3.05, 3.63) is 78.1 Å². The van der Waals surface area contributed by atoms with Crippen LogP contribution in [0.4, 0.5) is 0 Å². The van der Waals surface area contributed by atoms with Crippen LogP contribution in [0.15, 0.2) is 67.0 Å². The van der Waals surface area contributed by atoms with Gasteiger partial charge in [-0.2, -0.15) is 15.0 Å². The van der Waals surface area contributed by atoms with E-state index in [1.807, 2.05) is 30.3 Å². The Labute approximate surface area is 150 Å². The molecule has 7 heteroatoms. The fourth-order valence-corrected chi connectivity index (χ4v) is 2.26. The second-order valence-electron chi connectivity index (χ2n) is 5.63. The molecular weight excluding hydrogens is 334 g/mol. The van der Waals surface area contributed by atoms with Gasteiger partial charge < -0.3 is 14.6 Å². The highest BCUT2D eigenvalue weighted by Crippen LogP contribution is 2.14. The number of esters is 1. The molecule has 7 nitrogen and oxygen atoms in total. The fourth-order valence-electron chi connectivity index (χ4n) is 2.26. The van der Waals surface area contributed by atoms with E-state index in [-0.39, 0.29) is 19.8 Å². The number of carbonyl (C=O) groups is 1. The Balaban J connectivity index is 1.46. The van der Waals surface area contributed by atoms with E-state index in [1.165, 1.54) is 4.80 Å². The number of benzene rings is 2. The van der Waals surface area contributed by atoms with E-state index >= 15 is 0 Å². The lowest BCUT2D eigenvalue weighted by Crippen LogP contribution is -2.24. The third kappa shape index (κ3) is 5.15. The third-order valence-corrected chi connectivity index (χ3v) is 3.59. The summed E-state index contributed by atoms with van der Waals surface area (Å²) >= 11 is 0. The molecule has 1 N–H and O–H groups in total. The molecule has 134 valence electrons. The molecule has 0 radical (unpaired) electrons. The van der Waals surface area contributed by atoms with Gasteiger partial charge in [-0.25, -0.2) is 4.79 Å². The van der Waals surface area contributed by atoms with Crippen LogP contribution in [0.1, 0.15) is 15.9 Å². The van der Waals surface area contributed by atoms with Crippen molar-refractivity contribution in [3.8, 4) is 5.75 Å². The average Bonchev–Trinajstić information content (AvgIpc) is 3.18. The van der Waals surface area contributed by atoms with E-state index in [1.54, 1.807) is 36.7 Å². The molecule has 0 unspecified atom stereocenters. The summed E-state index contributed by atoms with van der Waals surface area (Å²) in [5, 5.41) is 17.7. The van der Waals surface area contributed by atoms with E-state index in [4.69, 9.17) is 9.47 Å². The summed E-state index contributed by atoms with van der Waals surface area (Å²) in [6, 6.07) is 16.1. The highest BCUT2D eigenvalue weighted by Gasteiger charge is 2.10. The Hall–Kier alpha value is -3.19. The SMILES string of the molecule is O=C(OCc1ccccc1)c1ccc(OC[C@H](O)Cn2nccn2)cc1. The van der Waals surface area contributed by atoms with Crippen molar-refractivity contribution in [2.24, 2.45) is 0 Å². The molecule has 0 spiro atoms. The van der Waals surface area contributed by atoms with Crippen LogP contribution in [0.25, 0.3) is 0 Å². The molecule has 0 bridgehead atoms. The summed E-state index contributed by atoms with van der Waals surface area (Å²) in [5.74, 6) is 0.155.